The Morgan fingerprint density at radius 1 is 1.67 bits per heavy atom. The molecule has 68 valence electrons. The highest BCUT2D eigenvalue weighted by Gasteiger charge is 2.13. The van der Waals surface area contributed by atoms with Crippen LogP contribution in [0.4, 0.5) is 0 Å². The number of carboxylic acids is 1. The van der Waals surface area contributed by atoms with Crippen LogP contribution in [0.5, 0.6) is 0 Å². The lowest BCUT2D eigenvalue weighted by Crippen LogP contribution is -2.20. The standard InChI is InChI=1S/C7H11NO4/c9-6(10)5-8-12-7-3-1-2-4-11-7/h5,7H,1-4H2,(H,9,10)/b8-5+. The van der Waals surface area contributed by atoms with Crippen molar-refractivity contribution in [2.45, 2.75) is 25.6 Å². The van der Waals surface area contributed by atoms with Crippen LogP contribution in [-0.2, 0) is 14.4 Å². The minimum atomic E-state index is -1.12. The van der Waals surface area contributed by atoms with E-state index in [9.17, 15) is 4.79 Å². The largest absolute Gasteiger partial charge is 0.477 e. The molecule has 1 atom stereocenters. The second kappa shape index (κ2) is 4.71. The first-order valence-electron chi connectivity index (χ1n) is 3.83. The van der Waals surface area contributed by atoms with E-state index in [0.717, 1.165) is 19.3 Å². The maximum absolute atomic E-state index is 9.97. The third kappa shape index (κ3) is 3.34. The molecule has 1 aliphatic rings. The second-order valence-corrected chi connectivity index (χ2v) is 2.47. The minimum absolute atomic E-state index is 0.366. The van der Waals surface area contributed by atoms with E-state index in [-0.39, 0.29) is 6.29 Å². The summed E-state index contributed by atoms with van der Waals surface area (Å²) >= 11 is 0. The molecule has 1 N–H and O–H groups in total. The highest BCUT2D eigenvalue weighted by Crippen LogP contribution is 2.13. The molecular formula is C7H11NO4. The Hall–Kier alpha value is -1.10. The summed E-state index contributed by atoms with van der Waals surface area (Å²) in [4.78, 5) is 14.7. The van der Waals surface area contributed by atoms with E-state index >= 15 is 0 Å². The smallest absolute Gasteiger partial charge is 0.350 e. The fourth-order valence-electron chi connectivity index (χ4n) is 0.938. The van der Waals surface area contributed by atoms with Gasteiger partial charge in [0.05, 0.1) is 6.61 Å². The summed E-state index contributed by atoms with van der Waals surface area (Å²) in [5.74, 6) is -1.12. The van der Waals surface area contributed by atoms with E-state index in [2.05, 4.69) is 5.16 Å². The summed E-state index contributed by atoms with van der Waals surface area (Å²) in [7, 11) is 0. The van der Waals surface area contributed by atoms with Gasteiger partial charge in [0.25, 0.3) is 0 Å². The summed E-state index contributed by atoms with van der Waals surface area (Å²) in [5.41, 5.74) is 0. The summed E-state index contributed by atoms with van der Waals surface area (Å²) in [6, 6.07) is 0. The summed E-state index contributed by atoms with van der Waals surface area (Å²) in [5, 5.41) is 11.4. The van der Waals surface area contributed by atoms with Crippen molar-refractivity contribution in [1.29, 1.82) is 0 Å². The number of ether oxygens (including phenoxy) is 1. The van der Waals surface area contributed by atoms with Crippen molar-refractivity contribution in [3.8, 4) is 0 Å². The molecule has 0 aromatic rings. The fraction of sp³-hybridized carbons (Fsp3) is 0.714. The lowest BCUT2D eigenvalue weighted by Gasteiger charge is -2.19. The van der Waals surface area contributed by atoms with E-state index in [1.807, 2.05) is 0 Å². The predicted octanol–water partition coefficient (Wildman–Crippen LogP) is 0.600. The van der Waals surface area contributed by atoms with Crippen LogP contribution in [0.2, 0.25) is 0 Å². The Kier molecular flexibility index (Phi) is 3.53. The van der Waals surface area contributed by atoms with Gasteiger partial charge in [0.1, 0.15) is 0 Å². The number of hydrogen-bond acceptors (Lipinski definition) is 4. The third-order valence-corrected chi connectivity index (χ3v) is 1.48. The normalized spacial score (nSPS) is 24.2. The molecule has 1 fully saturated rings. The fourth-order valence-corrected chi connectivity index (χ4v) is 0.938. The zero-order valence-electron chi connectivity index (χ0n) is 6.60. The van der Waals surface area contributed by atoms with E-state index in [1.165, 1.54) is 0 Å². The van der Waals surface area contributed by atoms with Gasteiger partial charge in [0.15, 0.2) is 6.21 Å². The van der Waals surface area contributed by atoms with Gasteiger partial charge in [-0.25, -0.2) is 4.79 Å². The molecule has 0 spiro atoms. The molecule has 0 amide bonds. The molecule has 0 aromatic heterocycles. The first kappa shape index (κ1) is 8.99. The molecule has 1 aliphatic heterocycles. The van der Waals surface area contributed by atoms with Crippen LogP contribution >= 0.6 is 0 Å². The van der Waals surface area contributed by atoms with Gasteiger partial charge in [0, 0.05) is 6.42 Å². The van der Waals surface area contributed by atoms with Crippen molar-refractivity contribution in [2.24, 2.45) is 5.16 Å². The predicted molar refractivity (Wildman–Crippen MR) is 40.8 cm³/mol. The summed E-state index contributed by atoms with van der Waals surface area (Å²) in [6.07, 6.45) is 3.18. The molecule has 12 heavy (non-hydrogen) atoms. The van der Waals surface area contributed by atoms with Gasteiger partial charge < -0.3 is 14.7 Å². The van der Waals surface area contributed by atoms with Crippen LogP contribution in [0.1, 0.15) is 19.3 Å². The van der Waals surface area contributed by atoms with Gasteiger partial charge in [-0.3, -0.25) is 0 Å². The van der Waals surface area contributed by atoms with Gasteiger partial charge in [-0.2, -0.15) is 0 Å². The molecule has 1 unspecified atom stereocenters. The lowest BCUT2D eigenvalue weighted by atomic mass is 10.2. The molecule has 1 saturated heterocycles. The zero-order valence-corrected chi connectivity index (χ0v) is 6.60. The van der Waals surface area contributed by atoms with Gasteiger partial charge in [-0.05, 0) is 12.8 Å². The van der Waals surface area contributed by atoms with Crippen molar-refractivity contribution in [3.05, 3.63) is 0 Å². The van der Waals surface area contributed by atoms with Crippen LogP contribution < -0.4 is 0 Å². The molecule has 1 rings (SSSR count). The average molecular weight is 173 g/mol. The number of hydrogen-bond donors (Lipinski definition) is 1. The van der Waals surface area contributed by atoms with Crippen molar-refractivity contribution in [2.75, 3.05) is 6.61 Å². The van der Waals surface area contributed by atoms with E-state index < -0.39 is 5.97 Å². The first-order valence-corrected chi connectivity index (χ1v) is 3.83. The van der Waals surface area contributed by atoms with Crippen LogP contribution in [0.15, 0.2) is 5.16 Å². The van der Waals surface area contributed by atoms with Crippen LogP contribution in [0, 0.1) is 0 Å². The number of oxime groups is 1. The van der Waals surface area contributed by atoms with Crippen molar-refractivity contribution < 1.29 is 19.5 Å². The Labute approximate surface area is 70.0 Å². The minimum Gasteiger partial charge on any atom is -0.477 e. The molecular weight excluding hydrogens is 162 g/mol. The Balaban J connectivity index is 2.17. The average Bonchev–Trinajstić information content (AvgIpc) is 2.05. The van der Waals surface area contributed by atoms with E-state index in [4.69, 9.17) is 14.7 Å². The molecule has 5 heteroatoms. The summed E-state index contributed by atoms with van der Waals surface area (Å²) in [6.45, 7) is 0.660. The van der Waals surface area contributed by atoms with Crippen molar-refractivity contribution >= 4 is 12.2 Å². The van der Waals surface area contributed by atoms with E-state index in [1.54, 1.807) is 0 Å². The highest BCUT2D eigenvalue weighted by atomic mass is 16.8. The Bertz CT molecular complexity index is 174. The van der Waals surface area contributed by atoms with Crippen LogP contribution in [0.3, 0.4) is 0 Å². The maximum atomic E-state index is 9.97. The highest BCUT2D eigenvalue weighted by molar-refractivity contribution is 6.21. The first-order chi connectivity index (χ1) is 5.79. The third-order valence-electron chi connectivity index (χ3n) is 1.48. The molecule has 0 saturated carbocycles. The number of rotatable bonds is 3. The monoisotopic (exact) mass is 173 g/mol. The number of carbonyl (C=O) groups is 1. The molecule has 0 aromatic carbocycles. The Morgan fingerprint density at radius 3 is 3.08 bits per heavy atom. The molecule has 0 bridgehead atoms. The molecule has 0 aliphatic carbocycles. The molecule has 0 radical (unpaired) electrons. The maximum Gasteiger partial charge on any atom is 0.350 e. The summed E-state index contributed by atoms with van der Waals surface area (Å²) < 4.78 is 5.13. The number of nitrogens with zero attached hydrogens (tertiary/aromatic N) is 1. The van der Waals surface area contributed by atoms with Gasteiger partial charge >= 0.3 is 5.97 Å². The molecule has 1 heterocycles. The van der Waals surface area contributed by atoms with Gasteiger partial charge in [-0.1, -0.05) is 5.16 Å². The second-order valence-electron chi connectivity index (χ2n) is 2.47. The van der Waals surface area contributed by atoms with Crippen molar-refractivity contribution in [3.63, 3.8) is 0 Å². The quantitative estimate of drug-likeness (QED) is 0.501. The SMILES string of the molecule is O=C(O)/C=N/OC1CCCCO1. The molecule has 5 nitrogen and oxygen atoms in total. The Morgan fingerprint density at radius 2 is 2.50 bits per heavy atom. The van der Waals surface area contributed by atoms with Gasteiger partial charge in [-0.15, -0.1) is 0 Å². The number of aliphatic carboxylic acids is 1. The number of carboxylic acid groups (broad SMARTS) is 1. The topological polar surface area (TPSA) is 68.1 Å². The van der Waals surface area contributed by atoms with Crippen LogP contribution in [0.25, 0.3) is 0 Å². The van der Waals surface area contributed by atoms with Crippen LogP contribution in [-0.4, -0.2) is 30.2 Å². The van der Waals surface area contributed by atoms with Crippen molar-refractivity contribution in [1.82, 2.24) is 0 Å². The lowest BCUT2D eigenvalue weighted by molar-refractivity contribution is -0.162. The van der Waals surface area contributed by atoms with Gasteiger partial charge in [0.2, 0.25) is 6.29 Å². The zero-order chi connectivity index (χ0) is 8.81. The van der Waals surface area contributed by atoms with E-state index in [0.29, 0.717) is 12.8 Å².